The van der Waals surface area contributed by atoms with Crippen molar-refractivity contribution in [1.29, 1.82) is 0 Å². The van der Waals surface area contributed by atoms with Gasteiger partial charge in [-0.1, -0.05) is 25.7 Å². The quantitative estimate of drug-likeness (QED) is 0.667. The monoisotopic (exact) mass is 290 g/mol. The van der Waals surface area contributed by atoms with Gasteiger partial charge in [-0.3, -0.25) is 0 Å². The highest BCUT2D eigenvalue weighted by Crippen LogP contribution is 2.15. The first-order valence-corrected chi connectivity index (χ1v) is 6.95. The molecule has 0 saturated carbocycles. The van der Waals surface area contributed by atoms with E-state index in [-0.39, 0.29) is 12.6 Å². The van der Waals surface area contributed by atoms with Crippen LogP contribution in [0.5, 0.6) is 0 Å². The lowest BCUT2D eigenvalue weighted by molar-refractivity contribution is 0.0111. The van der Waals surface area contributed by atoms with E-state index in [0.717, 1.165) is 11.1 Å². The number of rotatable bonds is 5. The van der Waals surface area contributed by atoms with Gasteiger partial charge in [0, 0.05) is 12.7 Å². The number of carbonyl (C=O) groups excluding carboxylic acids is 1. The number of esters is 1. The van der Waals surface area contributed by atoms with Gasteiger partial charge in [0.1, 0.15) is 5.60 Å². The lowest BCUT2D eigenvalue weighted by Crippen LogP contribution is -2.31. The van der Waals surface area contributed by atoms with E-state index in [1.165, 1.54) is 14.2 Å². The second-order valence-electron chi connectivity index (χ2n) is 4.79. The number of aliphatic hydroxyl groups is 1. The van der Waals surface area contributed by atoms with Crippen LogP contribution in [0.3, 0.4) is 0 Å². The largest absolute Gasteiger partial charge is 0.465 e. The highest BCUT2D eigenvalue weighted by Gasteiger charge is 2.21. The smallest absolute Gasteiger partial charge is 0.338 e. The predicted octanol–water partition coefficient (Wildman–Crippen LogP) is 2.17. The van der Waals surface area contributed by atoms with Gasteiger partial charge in [-0.2, -0.15) is 0 Å². The Bertz CT molecular complexity index is 554. The van der Waals surface area contributed by atoms with Crippen LogP contribution in [0.2, 0.25) is 0 Å². The van der Waals surface area contributed by atoms with E-state index in [9.17, 15) is 9.90 Å². The van der Waals surface area contributed by atoms with Crippen LogP contribution in [0.4, 0.5) is 0 Å². The Kier molecular flexibility index (Phi) is 6.41. The number of aryl methyl sites for hydroxylation is 1. The van der Waals surface area contributed by atoms with Crippen molar-refractivity contribution in [3.05, 3.63) is 34.9 Å². The van der Waals surface area contributed by atoms with Gasteiger partial charge >= 0.3 is 5.97 Å². The molecule has 1 unspecified atom stereocenters. The van der Waals surface area contributed by atoms with Crippen LogP contribution in [0.1, 0.15) is 41.8 Å². The second kappa shape index (κ2) is 7.82. The molecule has 0 aliphatic carbocycles. The van der Waals surface area contributed by atoms with Crippen molar-refractivity contribution in [3.63, 3.8) is 0 Å². The number of methoxy groups -OCH3 is 2. The third kappa shape index (κ3) is 4.59. The van der Waals surface area contributed by atoms with E-state index in [1.54, 1.807) is 12.1 Å². The Labute approximate surface area is 126 Å². The van der Waals surface area contributed by atoms with E-state index in [0.29, 0.717) is 18.4 Å². The van der Waals surface area contributed by atoms with Crippen LogP contribution in [0, 0.1) is 11.8 Å². The average molecular weight is 290 g/mol. The number of benzene rings is 1. The first kappa shape index (κ1) is 17.2. The van der Waals surface area contributed by atoms with Crippen molar-refractivity contribution in [3.8, 4) is 11.8 Å². The summed E-state index contributed by atoms with van der Waals surface area (Å²) in [5.74, 6) is 5.44. The van der Waals surface area contributed by atoms with Gasteiger partial charge in [-0.05, 0) is 36.6 Å². The highest BCUT2D eigenvalue weighted by molar-refractivity contribution is 5.91. The molecule has 0 radical (unpaired) electrons. The van der Waals surface area contributed by atoms with Gasteiger partial charge < -0.3 is 14.6 Å². The minimum atomic E-state index is -1.15. The zero-order valence-electron chi connectivity index (χ0n) is 13.0. The van der Waals surface area contributed by atoms with Crippen LogP contribution in [0.15, 0.2) is 18.2 Å². The van der Waals surface area contributed by atoms with Gasteiger partial charge in [0.2, 0.25) is 0 Å². The molecule has 1 rings (SSSR count). The molecule has 0 saturated heterocycles. The average Bonchev–Trinajstić information content (AvgIpc) is 2.52. The Morgan fingerprint density at radius 1 is 1.33 bits per heavy atom. The maximum atomic E-state index is 11.6. The topological polar surface area (TPSA) is 55.8 Å². The van der Waals surface area contributed by atoms with Gasteiger partial charge in [-0.25, -0.2) is 4.79 Å². The molecule has 0 aliphatic rings. The van der Waals surface area contributed by atoms with Crippen molar-refractivity contribution in [2.45, 2.75) is 32.3 Å². The third-order valence-electron chi connectivity index (χ3n) is 3.30. The van der Waals surface area contributed by atoms with Crippen molar-refractivity contribution in [2.24, 2.45) is 0 Å². The van der Waals surface area contributed by atoms with Crippen LogP contribution >= 0.6 is 0 Å². The molecular weight excluding hydrogens is 268 g/mol. The van der Waals surface area contributed by atoms with Crippen LogP contribution in [-0.4, -0.2) is 37.5 Å². The number of hydrogen-bond acceptors (Lipinski definition) is 4. The van der Waals surface area contributed by atoms with Crippen LogP contribution < -0.4 is 0 Å². The highest BCUT2D eigenvalue weighted by atomic mass is 16.5. The summed E-state index contributed by atoms with van der Waals surface area (Å²) in [7, 11) is 2.89. The van der Waals surface area contributed by atoms with E-state index < -0.39 is 5.60 Å². The molecule has 0 aliphatic heterocycles. The van der Waals surface area contributed by atoms with Crippen molar-refractivity contribution >= 4 is 5.97 Å². The van der Waals surface area contributed by atoms with Crippen molar-refractivity contribution in [2.75, 3.05) is 20.8 Å². The summed E-state index contributed by atoms with van der Waals surface area (Å²) in [6.07, 6.45) is 1.19. The molecule has 0 bridgehead atoms. The van der Waals surface area contributed by atoms with E-state index in [2.05, 4.69) is 11.8 Å². The fourth-order valence-corrected chi connectivity index (χ4v) is 1.93. The van der Waals surface area contributed by atoms with Crippen LogP contribution in [0.25, 0.3) is 0 Å². The lowest BCUT2D eigenvalue weighted by atomic mass is 9.99. The zero-order chi connectivity index (χ0) is 15.9. The minimum absolute atomic E-state index is 0.164. The summed E-state index contributed by atoms with van der Waals surface area (Å²) >= 11 is 0. The van der Waals surface area contributed by atoms with Gasteiger partial charge in [-0.15, -0.1) is 0 Å². The SMILES string of the molecule is CCc1cc(C#CC(O)(CC)COC)ccc1C(=O)OC. The molecule has 4 nitrogen and oxygen atoms in total. The molecule has 1 atom stereocenters. The Hall–Kier alpha value is -1.83. The molecule has 0 aromatic heterocycles. The molecule has 114 valence electrons. The zero-order valence-corrected chi connectivity index (χ0v) is 13.0. The van der Waals surface area contributed by atoms with Gasteiger partial charge in [0.15, 0.2) is 0 Å². The second-order valence-corrected chi connectivity index (χ2v) is 4.79. The number of ether oxygens (including phenoxy) is 2. The first-order chi connectivity index (χ1) is 9.99. The molecular formula is C17H22O4. The molecule has 1 aromatic rings. The number of carbonyl (C=O) groups is 1. The minimum Gasteiger partial charge on any atom is -0.465 e. The third-order valence-corrected chi connectivity index (χ3v) is 3.30. The molecule has 1 aromatic carbocycles. The summed E-state index contributed by atoms with van der Waals surface area (Å²) in [5.41, 5.74) is 1.03. The fourth-order valence-electron chi connectivity index (χ4n) is 1.93. The van der Waals surface area contributed by atoms with Crippen LogP contribution in [-0.2, 0) is 15.9 Å². The lowest BCUT2D eigenvalue weighted by Gasteiger charge is -2.18. The van der Waals surface area contributed by atoms with Crippen molar-refractivity contribution < 1.29 is 19.4 Å². The van der Waals surface area contributed by atoms with Gasteiger partial charge in [0.05, 0.1) is 19.3 Å². The standard InChI is InChI=1S/C17H22O4/c1-5-14-11-13(7-8-15(14)16(18)21-4)9-10-17(19,6-2)12-20-3/h7-8,11,19H,5-6,12H2,1-4H3. The fraction of sp³-hybridized carbons (Fsp3) is 0.471. The van der Waals surface area contributed by atoms with Gasteiger partial charge in [0.25, 0.3) is 0 Å². The molecule has 0 amide bonds. The normalized spacial score (nSPS) is 13.0. The van der Waals surface area contributed by atoms with E-state index >= 15 is 0 Å². The Morgan fingerprint density at radius 3 is 2.57 bits per heavy atom. The molecule has 21 heavy (non-hydrogen) atoms. The van der Waals surface area contributed by atoms with Crippen molar-refractivity contribution in [1.82, 2.24) is 0 Å². The number of hydrogen-bond donors (Lipinski definition) is 1. The molecule has 0 spiro atoms. The Balaban J connectivity index is 3.09. The van der Waals surface area contributed by atoms with E-state index in [4.69, 9.17) is 9.47 Å². The summed E-state index contributed by atoms with van der Waals surface area (Å²) < 4.78 is 9.73. The van der Waals surface area contributed by atoms with E-state index in [1.807, 2.05) is 19.9 Å². The summed E-state index contributed by atoms with van der Waals surface area (Å²) in [5, 5.41) is 10.2. The maximum absolute atomic E-state index is 11.6. The Morgan fingerprint density at radius 2 is 2.05 bits per heavy atom. The molecule has 0 fully saturated rings. The maximum Gasteiger partial charge on any atom is 0.338 e. The predicted molar refractivity (Wildman–Crippen MR) is 81.2 cm³/mol. The molecule has 0 heterocycles. The summed E-state index contributed by atoms with van der Waals surface area (Å²) in [4.78, 5) is 11.6. The summed E-state index contributed by atoms with van der Waals surface area (Å²) in [6, 6.07) is 5.30. The molecule has 4 heteroatoms. The summed E-state index contributed by atoms with van der Waals surface area (Å²) in [6.45, 7) is 3.98. The molecule has 1 N–H and O–H groups in total. The first-order valence-electron chi connectivity index (χ1n) is 6.95.